The number of carbonyl (C=O) groups excluding carboxylic acids is 2. The Balaban J connectivity index is 1.49. The number of amides is 2. The van der Waals surface area contributed by atoms with Gasteiger partial charge in [0.15, 0.2) is 11.3 Å². The average Bonchev–Trinajstić information content (AvgIpc) is 3.42. The van der Waals surface area contributed by atoms with Gasteiger partial charge in [-0.05, 0) is 45.7 Å². The van der Waals surface area contributed by atoms with Gasteiger partial charge in [0, 0.05) is 19.2 Å². The first kappa shape index (κ1) is 24.8. The smallest absolute Gasteiger partial charge is 0.410 e. The Bertz CT molecular complexity index is 1530. The predicted octanol–water partition coefficient (Wildman–Crippen LogP) is 4.77. The number of oxazole rings is 1. The van der Waals surface area contributed by atoms with Crippen LogP contribution in [0.3, 0.4) is 0 Å². The lowest BCUT2D eigenvalue weighted by Gasteiger charge is -2.34. The number of likely N-dealkylation sites (tertiary alicyclic amines) is 1. The van der Waals surface area contributed by atoms with E-state index in [4.69, 9.17) is 26.5 Å². The average molecular weight is 530 g/mol. The molecule has 1 fully saturated rings. The lowest BCUT2D eigenvalue weighted by molar-refractivity contribution is 0.0169. The number of hydrogen-bond donors (Lipinski definition) is 2. The highest BCUT2D eigenvalue weighted by molar-refractivity contribution is 6.36. The minimum absolute atomic E-state index is 0.0367. The minimum atomic E-state index is -0.661. The number of halogens is 2. The third-order valence-electron chi connectivity index (χ3n) is 5.89. The van der Waals surface area contributed by atoms with Crippen molar-refractivity contribution in [1.29, 1.82) is 0 Å². The second kappa shape index (κ2) is 9.18. The number of nitrogens with two attached hydrogens (primary N) is 1. The zero-order valence-electron chi connectivity index (χ0n) is 20.4. The Morgan fingerprint density at radius 2 is 2.11 bits per heavy atom. The number of ether oxygens (including phenoxy) is 1. The maximum atomic E-state index is 13.5. The lowest BCUT2D eigenvalue weighted by atomic mass is 10.1. The van der Waals surface area contributed by atoms with Crippen molar-refractivity contribution >= 4 is 57.4 Å². The highest BCUT2D eigenvalue weighted by Crippen LogP contribution is 2.34. The number of aromatic nitrogens is 4. The van der Waals surface area contributed by atoms with E-state index in [2.05, 4.69) is 20.4 Å². The van der Waals surface area contributed by atoms with Gasteiger partial charge in [-0.1, -0.05) is 11.6 Å². The quantitative estimate of drug-likeness (QED) is 0.386. The van der Waals surface area contributed by atoms with Crippen LogP contribution in [0.25, 0.3) is 22.0 Å². The van der Waals surface area contributed by atoms with Crippen molar-refractivity contribution in [2.45, 2.75) is 45.3 Å². The number of pyridine rings is 1. The Morgan fingerprint density at radius 1 is 1.32 bits per heavy atom. The van der Waals surface area contributed by atoms with Gasteiger partial charge in [-0.3, -0.25) is 14.8 Å². The Kier molecular flexibility index (Phi) is 6.14. The first-order valence-corrected chi connectivity index (χ1v) is 12.1. The van der Waals surface area contributed by atoms with E-state index in [0.29, 0.717) is 37.0 Å². The summed E-state index contributed by atoms with van der Waals surface area (Å²) in [7, 11) is 0. The molecule has 0 unspecified atom stereocenters. The number of anilines is 2. The minimum Gasteiger partial charge on any atom is -0.444 e. The molecule has 0 aliphatic carbocycles. The van der Waals surface area contributed by atoms with Crippen LogP contribution in [0.15, 0.2) is 28.8 Å². The second-order valence-corrected chi connectivity index (χ2v) is 10.2. The summed E-state index contributed by atoms with van der Waals surface area (Å²) < 4.78 is 26.2. The molecule has 1 aliphatic rings. The van der Waals surface area contributed by atoms with Gasteiger partial charge in [0.2, 0.25) is 0 Å². The van der Waals surface area contributed by atoms with Crippen molar-refractivity contribution in [3.63, 3.8) is 0 Å². The van der Waals surface area contributed by atoms with Gasteiger partial charge in [-0.15, -0.1) is 0 Å². The first-order chi connectivity index (χ1) is 17.5. The fraction of sp³-hybridized carbons (Fsp3) is 0.375. The van der Waals surface area contributed by atoms with E-state index in [9.17, 15) is 14.0 Å². The summed E-state index contributed by atoms with van der Waals surface area (Å²) in [4.78, 5) is 35.8. The molecule has 11 nitrogen and oxygen atoms in total. The fourth-order valence-electron chi connectivity index (χ4n) is 4.34. The zero-order chi connectivity index (χ0) is 26.5. The van der Waals surface area contributed by atoms with Gasteiger partial charge < -0.3 is 19.8 Å². The summed E-state index contributed by atoms with van der Waals surface area (Å²) in [6.45, 7) is 6.26. The number of nitrogens with one attached hydrogen (secondary N) is 1. The van der Waals surface area contributed by atoms with Crippen LogP contribution in [0.4, 0.5) is 21.0 Å². The molecule has 1 saturated heterocycles. The summed E-state index contributed by atoms with van der Waals surface area (Å²) in [5.41, 5.74) is 6.47. The van der Waals surface area contributed by atoms with E-state index < -0.39 is 23.4 Å². The van der Waals surface area contributed by atoms with Gasteiger partial charge in [0.05, 0.1) is 28.2 Å². The van der Waals surface area contributed by atoms with Crippen LogP contribution in [0.1, 0.15) is 50.1 Å². The Labute approximate surface area is 215 Å². The molecule has 0 bridgehead atoms. The molecule has 194 valence electrons. The number of piperidine rings is 1. The largest absolute Gasteiger partial charge is 0.444 e. The van der Waals surface area contributed by atoms with Gasteiger partial charge in [-0.2, -0.15) is 10.1 Å². The van der Waals surface area contributed by atoms with Crippen LogP contribution in [0.5, 0.6) is 0 Å². The van der Waals surface area contributed by atoms with Crippen LogP contribution in [-0.4, -0.2) is 55.3 Å². The van der Waals surface area contributed by atoms with Gasteiger partial charge >= 0.3 is 12.1 Å². The van der Waals surface area contributed by atoms with Crippen molar-refractivity contribution in [2.24, 2.45) is 0 Å². The summed E-state index contributed by atoms with van der Waals surface area (Å²) in [6, 6.07) is 3.42. The van der Waals surface area contributed by atoms with Gasteiger partial charge in [0.25, 0.3) is 5.91 Å². The molecule has 3 aromatic heterocycles. The summed E-state index contributed by atoms with van der Waals surface area (Å²) >= 11 is 6.50. The summed E-state index contributed by atoms with van der Waals surface area (Å²) in [5, 5.41) is 7.63. The van der Waals surface area contributed by atoms with Crippen molar-refractivity contribution in [3.8, 4) is 0 Å². The molecule has 0 saturated carbocycles. The van der Waals surface area contributed by atoms with Crippen LogP contribution >= 0.6 is 11.6 Å². The van der Waals surface area contributed by atoms with Crippen LogP contribution in [-0.2, 0) is 4.74 Å². The third kappa shape index (κ3) is 4.88. The van der Waals surface area contributed by atoms with Gasteiger partial charge in [0.1, 0.15) is 22.8 Å². The molecule has 4 heterocycles. The molecule has 1 aliphatic heterocycles. The Hall–Kier alpha value is -3.93. The van der Waals surface area contributed by atoms with E-state index in [1.54, 1.807) is 30.4 Å². The van der Waals surface area contributed by atoms with E-state index in [1.807, 2.05) is 0 Å². The highest BCUT2D eigenvalue weighted by atomic mass is 35.5. The topological polar surface area (TPSA) is 141 Å². The van der Waals surface area contributed by atoms with Crippen LogP contribution < -0.4 is 11.1 Å². The number of hydrogen-bond acceptors (Lipinski definition) is 8. The van der Waals surface area contributed by atoms with E-state index in [1.165, 1.54) is 24.4 Å². The van der Waals surface area contributed by atoms with Crippen LogP contribution in [0.2, 0.25) is 5.02 Å². The first-order valence-electron chi connectivity index (χ1n) is 11.7. The maximum absolute atomic E-state index is 13.5. The lowest BCUT2D eigenvalue weighted by Crippen LogP contribution is -2.43. The van der Waals surface area contributed by atoms with Crippen LogP contribution in [0, 0.1) is 5.82 Å². The molecule has 2 amide bonds. The maximum Gasteiger partial charge on any atom is 0.410 e. The summed E-state index contributed by atoms with van der Waals surface area (Å²) in [6.07, 6.45) is 2.35. The number of rotatable bonds is 3. The van der Waals surface area contributed by atoms with Crippen molar-refractivity contribution < 1.29 is 23.1 Å². The molecular weight excluding hydrogens is 505 g/mol. The molecule has 0 radical (unpaired) electrons. The van der Waals surface area contributed by atoms with Gasteiger partial charge in [-0.25, -0.2) is 14.2 Å². The number of nitrogen functional groups attached to an aromatic ring is 1. The number of nitrogens with zero attached hydrogens (tertiary/aromatic N) is 5. The molecule has 1 aromatic carbocycles. The van der Waals surface area contributed by atoms with E-state index >= 15 is 0 Å². The van der Waals surface area contributed by atoms with Crippen molar-refractivity contribution in [2.75, 3.05) is 24.1 Å². The summed E-state index contributed by atoms with van der Waals surface area (Å²) in [5.74, 6) is -1.08. The van der Waals surface area contributed by atoms with Crippen molar-refractivity contribution in [1.82, 2.24) is 24.6 Å². The SMILES string of the molecule is CC(C)(C)OC(=O)N1CCC[C@@H](n2nc(C(=O)Nc3nc4cc(F)ccc4o3)c3c(N)ncc(Cl)c32)C1. The molecule has 13 heteroatoms. The molecule has 5 rings (SSSR count). The number of fused-ring (bicyclic) bond motifs is 2. The second-order valence-electron chi connectivity index (χ2n) is 9.82. The molecule has 3 N–H and O–H groups in total. The molecule has 0 spiro atoms. The fourth-order valence-corrected chi connectivity index (χ4v) is 4.57. The van der Waals surface area contributed by atoms with E-state index in [-0.39, 0.29) is 39.5 Å². The predicted molar refractivity (Wildman–Crippen MR) is 135 cm³/mol. The molecule has 4 aromatic rings. The number of benzene rings is 1. The molecule has 37 heavy (non-hydrogen) atoms. The highest BCUT2D eigenvalue weighted by Gasteiger charge is 2.32. The monoisotopic (exact) mass is 529 g/mol. The molecular formula is C24H25ClFN7O4. The zero-order valence-corrected chi connectivity index (χ0v) is 21.2. The standard InChI is InChI=1S/C24H25ClFN7O4/c1-24(2,3)37-23(35)32-8-4-5-13(11-32)33-19-14(25)10-28-20(27)17(19)18(31-33)21(34)30-22-29-15-9-12(26)6-7-16(15)36-22/h6-7,9-10,13H,4-5,8,11H2,1-3H3,(H2,27,28)(H,29,30,34)/t13-/m1/s1. The normalized spacial score (nSPS) is 16.4. The van der Waals surface area contributed by atoms with Crippen molar-refractivity contribution in [3.05, 3.63) is 40.9 Å². The van der Waals surface area contributed by atoms with E-state index in [0.717, 1.165) is 0 Å². The number of carbonyl (C=O) groups is 2. The molecule has 1 atom stereocenters. The Morgan fingerprint density at radius 3 is 2.86 bits per heavy atom. The third-order valence-corrected chi connectivity index (χ3v) is 6.17.